The molecular weight excluding hydrogens is 278 g/mol. The van der Waals surface area contributed by atoms with Crippen LogP contribution in [-0.4, -0.2) is 17.7 Å². The van der Waals surface area contributed by atoms with Crippen LogP contribution in [0.3, 0.4) is 0 Å². The van der Waals surface area contributed by atoms with Gasteiger partial charge in [0, 0.05) is 11.8 Å². The maximum atomic E-state index is 12.9. The van der Waals surface area contributed by atoms with Crippen molar-refractivity contribution in [1.29, 1.82) is 0 Å². The molecule has 1 aromatic carbocycles. The van der Waals surface area contributed by atoms with E-state index in [1.54, 1.807) is 0 Å². The van der Waals surface area contributed by atoms with Crippen LogP contribution in [0, 0.1) is 5.41 Å². The summed E-state index contributed by atoms with van der Waals surface area (Å²) >= 11 is 4.54. The molecule has 1 aromatic rings. The van der Waals surface area contributed by atoms with E-state index < -0.39 is 0 Å². The third-order valence-corrected chi connectivity index (χ3v) is 5.85. The Balaban J connectivity index is 1.73. The Morgan fingerprint density at radius 3 is 2.62 bits per heavy atom. The van der Waals surface area contributed by atoms with E-state index in [9.17, 15) is 4.79 Å². The minimum absolute atomic E-state index is 0.235. The highest BCUT2D eigenvalue weighted by Crippen LogP contribution is 2.37. The molecule has 0 spiro atoms. The summed E-state index contributed by atoms with van der Waals surface area (Å²) in [5, 5.41) is 3.32. The van der Waals surface area contributed by atoms with E-state index in [0.29, 0.717) is 11.8 Å². The number of carbonyl (C=O) groups is 1. The van der Waals surface area contributed by atoms with Crippen molar-refractivity contribution in [2.45, 2.75) is 57.4 Å². The van der Waals surface area contributed by atoms with Crippen LogP contribution in [0.15, 0.2) is 24.3 Å². The molecule has 0 heterocycles. The predicted octanol–water partition coefficient (Wildman–Crippen LogP) is 3.54. The zero-order valence-electron chi connectivity index (χ0n) is 12.6. The van der Waals surface area contributed by atoms with E-state index in [1.807, 2.05) is 0 Å². The number of fused-ring (bicyclic) bond motifs is 1. The molecule has 1 amide bonds. The number of hydrogen-bond acceptors (Lipinski definition) is 2. The van der Waals surface area contributed by atoms with E-state index in [1.165, 1.54) is 30.4 Å². The fraction of sp³-hybridized carbons (Fsp3) is 0.611. The second-order valence-corrected chi connectivity index (χ2v) is 7.01. The molecule has 114 valence electrons. The highest BCUT2D eigenvalue weighted by Gasteiger charge is 2.40. The van der Waals surface area contributed by atoms with Crippen molar-refractivity contribution >= 4 is 18.5 Å². The summed E-state index contributed by atoms with van der Waals surface area (Å²) in [6.45, 7) is 0. The van der Waals surface area contributed by atoms with Crippen LogP contribution in [0.4, 0.5) is 0 Å². The minimum Gasteiger partial charge on any atom is -0.353 e. The second kappa shape index (κ2) is 6.43. The van der Waals surface area contributed by atoms with Gasteiger partial charge in [-0.15, -0.1) is 0 Å². The van der Waals surface area contributed by atoms with E-state index in [-0.39, 0.29) is 11.3 Å². The van der Waals surface area contributed by atoms with Crippen molar-refractivity contribution < 1.29 is 4.79 Å². The monoisotopic (exact) mass is 303 g/mol. The first-order valence-electron chi connectivity index (χ1n) is 8.22. The summed E-state index contributed by atoms with van der Waals surface area (Å²) < 4.78 is 0. The molecule has 1 saturated carbocycles. The number of carbonyl (C=O) groups excluding carboxylic acids is 1. The molecule has 2 aliphatic carbocycles. The standard InChI is InChI=1S/C18H25NOS/c20-17(19-16-8-2-1-3-9-16)18(13-21)11-10-14-6-4-5-7-15(14)12-18/h4-7,16,21H,1-3,8-13H2,(H,19,20). The number of amides is 1. The van der Waals surface area contributed by atoms with Crippen LogP contribution in [-0.2, 0) is 17.6 Å². The third-order valence-electron chi connectivity index (χ3n) is 5.24. The van der Waals surface area contributed by atoms with Crippen molar-refractivity contribution in [3.05, 3.63) is 35.4 Å². The average molecular weight is 303 g/mol. The number of hydrogen-bond donors (Lipinski definition) is 2. The molecule has 0 bridgehead atoms. The molecule has 0 aromatic heterocycles. The molecule has 3 rings (SSSR count). The molecule has 3 heteroatoms. The van der Waals surface area contributed by atoms with Gasteiger partial charge >= 0.3 is 0 Å². The summed E-state index contributed by atoms with van der Waals surface area (Å²) in [6, 6.07) is 8.92. The quantitative estimate of drug-likeness (QED) is 0.822. The van der Waals surface area contributed by atoms with Crippen LogP contribution in [0.1, 0.15) is 49.7 Å². The van der Waals surface area contributed by atoms with Crippen LogP contribution in [0.5, 0.6) is 0 Å². The molecule has 1 N–H and O–H groups in total. The van der Waals surface area contributed by atoms with E-state index in [2.05, 4.69) is 42.2 Å². The maximum absolute atomic E-state index is 12.9. The molecule has 0 aliphatic heterocycles. The summed E-state index contributed by atoms with van der Waals surface area (Å²) in [7, 11) is 0. The van der Waals surface area contributed by atoms with Crippen LogP contribution >= 0.6 is 12.6 Å². The van der Waals surface area contributed by atoms with Crippen molar-refractivity contribution in [3.8, 4) is 0 Å². The Hall–Kier alpha value is -0.960. The number of thiol groups is 1. The van der Waals surface area contributed by atoms with Gasteiger partial charge in [0.2, 0.25) is 5.91 Å². The lowest BCUT2D eigenvalue weighted by molar-refractivity contribution is -0.131. The molecular formula is C18H25NOS. The largest absolute Gasteiger partial charge is 0.353 e. The molecule has 0 saturated heterocycles. The van der Waals surface area contributed by atoms with Gasteiger partial charge in [-0.05, 0) is 43.2 Å². The fourth-order valence-electron chi connectivity index (χ4n) is 3.79. The minimum atomic E-state index is -0.311. The normalized spacial score (nSPS) is 26.1. The van der Waals surface area contributed by atoms with E-state index in [4.69, 9.17) is 0 Å². The summed E-state index contributed by atoms with van der Waals surface area (Å²) in [5.41, 5.74) is 2.42. The Morgan fingerprint density at radius 2 is 1.90 bits per heavy atom. The fourth-order valence-corrected chi connectivity index (χ4v) is 4.20. The van der Waals surface area contributed by atoms with Crippen molar-refractivity contribution in [1.82, 2.24) is 5.32 Å². The average Bonchev–Trinajstić information content (AvgIpc) is 2.55. The Bertz CT molecular complexity index is 510. The Kier molecular flexibility index (Phi) is 4.58. The lowest BCUT2D eigenvalue weighted by atomic mass is 9.72. The number of aryl methyl sites for hydroxylation is 1. The molecule has 2 aliphatic rings. The Labute approximate surface area is 133 Å². The lowest BCUT2D eigenvalue weighted by Crippen LogP contribution is -2.49. The van der Waals surface area contributed by atoms with Gasteiger partial charge in [-0.2, -0.15) is 12.6 Å². The van der Waals surface area contributed by atoms with Crippen LogP contribution < -0.4 is 5.32 Å². The SMILES string of the molecule is O=C(NC1CCCCC1)C1(CS)CCc2ccccc2C1. The van der Waals surface area contributed by atoms with Crippen molar-refractivity contribution in [3.63, 3.8) is 0 Å². The molecule has 21 heavy (non-hydrogen) atoms. The van der Waals surface area contributed by atoms with E-state index in [0.717, 1.165) is 32.1 Å². The van der Waals surface area contributed by atoms with Gasteiger partial charge in [0.25, 0.3) is 0 Å². The summed E-state index contributed by atoms with van der Waals surface area (Å²) in [5.74, 6) is 0.874. The predicted molar refractivity (Wildman–Crippen MR) is 89.8 cm³/mol. The lowest BCUT2D eigenvalue weighted by Gasteiger charge is -2.37. The molecule has 1 unspecified atom stereocenters. The van der Waals surface area contributed by atoms with Gasteiger partial charge in [0.1, 0.15) is 0 Å². The summed E-state index contributed by atoms with van der Waals surface area (Å²) in [4.78, 5) is 12.9. The van der Waals surface area contributed by atoms with Crippen molar-refractivity contribution in [2.75, 3.05) is 5.75 Å². The number of nitrogens with one attached hydrogen (secondary N) is 1. The zero-order chi connectivity index (χ0) is 14.7. The first kappa shape index (κ1) is 15.0. The molecule has 1 fully saturated rings. The summed E-state index contributed by atoms with van der Waals surface area (Å²) in [6.07, 6.45) is 8.86. The highest BCUT2D eigenvalue weighted by molar-refractivity contribution is 7.80. The van der Waals surface area contributed by atoms with Gasteiger partial charge in [-0.1, -0.05) is 43.5 Å². The highest BCUT2D eigenvalue weighted by atomic mass is 32.1. The zero-order valence-corrected chi connectivity index (χ0v) is 13.5. The van der Waals surface area contributed by atoms with Gasteiger partial charge in [-0.3, -0.25) is 4.79 Å². The number of rotatable bonds is 3. The van der Waals surface area contributed by atoms with E-state index >= 15 is 0 Å². The van der Waals surface area contributed by atoms with Crippen molar-refractivity contribution in [2.24, 2.45) is 5.41 Å². The van der Waals surface area contributed by atoms with Gasteiger partial charge in [0.05, 0.1) is 5.41 Å². The topological polar surface area (TPSA) is 29.1 Å². The first-order valence-corrected chi connectivity index (χ1v) is 8.85. The second-order valence-electron chi connectivity index (χ2n) is 6.69. The van der Waals surface area contributed by atoms with Gasteiger partial charge < -0.3 is 5.32 Å². The molecule has 2 nitrogen and oxygen atoms in total. The third kappa shape index (κ3) is 3.13. The maximum Gasteiger partial charge on any atom is 0.227 e. The smallest absolute Gasteiger partial charge is 0.227 e. The Morgan fingerprint density at radius 1 is 1.19 bits per heavy atom. The number of benzene rings is 1. The molecule has 0 radical (unpaired) electrons. The van der Waals surface area contributed by atoms with Gasteiger partial charge in [-0.25, -0.2) is 0 Å². The van der Waals surface area contributed by atoms with Crippen LogP contribution in [0.25, 0.3) is 0 Å². The molecule has 1 atom stereocenters. The first-order chi connectivity index (χ1) is 10.2. The van der Waals surface area contributed by atoms with Gasteiger partial charge in [0.15, 0.2) is 0 Å². The van der Waals surface area contributed by atoms with Crippen LogP contribution in [0.2, 0.25) is 0 Å².